The summed E-state index contributed by atoms with van der Waals surface area (Å²) in [6.45, 7) is 1.14. The summed E-state index contributed by atoms with van der Waals surface area (Å²) in [6, 6.07) is 5.73. The summed E-state index contributed by atoms with van der Waals surface area (Å²) in [6.07, 6.45) is 4.28. The fraction of sp³-hybridized carbons (Fsp3) is 0.588. The van der Waals surface area contributed by atoms with Gasteiger partial charge in [0.2, 0.25) is 0 Å². The van der Waals surface area contributed by atoms with Crippen molar-refractivity contribution in [2.24, 2.45) is 5.92 Å². The molecule has 1 aromatic carbocycles. The van der Waals surface area contributed by atoms with Gasteiger partial charge in [-0.2, -0.15) is 0 Å². The molecule has 1 N–H and O–H groups in total. The molecule has 2 rings (SSSR count). The summed E-state index contributed by atoms with van der Waals surface area (Å²) in [4.78, 5) is 13.2. The monoisotopic (exact) mass is 434 g/mol. The van der Waals surface area contributed by atoms with Crippen molar-refractivity contribution in [2.45, 2.75) is 31.7 Å². The lowest BCUT2D eigenvalue weighted by atomic mass is 9.85. The van der Waals surface area contributed by atoms with E-state index < -0.39 is 0 Å². The van der Waals surface area contributed by atoms with Crippen LogP contribution in [0.3, 0.4) is 0 Å². The predicted molar refractivity (Wildman–Crippen MR) is 98.2 cm³/mol. The minimum absolute atomic E-state index is 0.159. The highest BCUT2D eigenvalue weighted by Crippen LogP contribution is 2.27. The first-order valence-corrected chi connectivity index (χ1v) is 9.04. The summed E-state index contributed by atoms with van der Waals surface area (Å²) in [5.74, 6) is 0.184. The van der Waals surface area contributed by atoms with Gasteiger partial charge in [-0.3, -0.25) is 4.79 Å². The Bertz CT molecular complexity index is 533. The van der Waals surface area contributed by atoms with Crippen molar-refractivity contribution < 1.29 is 13.9 Å². The quantitative estimate of drug-likeness (QED) is 0.552. The van der Waals surface area contributed by atoms with Crippen molar-refractivity contribution in [3.8, 4) is 0 Å². The van der Waals surface area contributed by atoms with Crippen LogP contribution in [0.25, 0.3) is 0 Å². The normalized spacial score (nSPS) is 21.0. The number of carbonyl (C=O) groups excluding carboxylic acids is 1. The van der Waals surface area contributed by atoms with E-state index in [0.29, 0.717) is 17.6 Å². The van der Waals surface area contributed by atoms with Gasteiger partial charge >= 0.3 is 5.97 Å². The van der Waals surface area contributed by atoms with Crippen molar-refractivity contribution in [2.75, 3.05) is 32.1 Å². The van der Waals surface area contributed by atoms with Crippen LogP contribution in [-0.4, -0.2) is 39.3 Å². The molecule has 23 heavy (non-hydrogen) atoms. The lowest BCUT2D eigenvalue weighted by Crippen LogP contribution is -2.38. The predicted octanol–water partition coefficient (Wildman–Crippen LogP) is 3.19. The van der Waals surface area contributed by atoms with Gasteiger partial charge in [-0.1, -0.05) is 0 Å². The standard InChI is InChI=1S/C17H24FIN2O2/c1-21(16-8-5-13(19)9-15(16)18)11-12-3-6-14(7-4-12)20-10-17(22)23-2/h5,8-9,12,14,20H,3-4,6-7,10-11H2,1-2H3/t12-,14-. The number of methoxy groups -OCH3 is 1. The molecule has 1 aromatic rings. The Morgan fingerprint density at radius 1 is 1.39 bits per heavy atom. The van der Waals surface area contributed by atoms with E-state index in [1.807, 2.05) is 24.1 Å². The van der Waals surface area contributed by atoms with Gasteiger partial charge in [0, 0.05) is 23.2 Å². The van der Waals surface area contributed by atoms with Crippen LogP contribution in [0.2, 0.25) is 0 Å². The highest BCUT2D eigenvalue weighted by atomic mass is 127. The van der Waals surface area contributed by atoms with Crippen molar-refractivity contribution in [3.63, 3.8) is 0 Å². The molecule has 0 aromatic heterocycles. The van der Waals surface area contributed by atoms with Crippen molar-refractivity contribution in [1.29, 1.82) is 0 Å². The molecule has 0 saturated heterocycles. The number of nitrogens with zero attached hydrogens (tertiary/aromatic N) is 1. The molecule has 0 bridgehead atoms. The van der Waals surface area contributed by atoms with E-state index in [9.17, 15) is 9.18 Å². The molecule has 1 aliphatic rings. The van der Waals surface area contributed by atoms with Crippen LogP contribution in [0.15, 0.2) is 18.2 Å². The lowest BCUT2D eigenvalue weighted by molar-refractivity contribution is -0.139. The van der Waals surface area contributed by atoms with Gasteiger partial charge in [0.05, 0.1) is 19.3 Å². The molecule has 4 nitrogen and oxygen atoms in total. The first-order chi connectivity index (χ1) is 11.0. The van der Waals surface area contributed by atoms with Crippen LogP contribution >= 0.6 is 22.6 Å². The SMILES string of the molecule is COC(=O)CN[C@H]1CC[C@H](CN(C)c2ccc(I)cc2F)CC1. The van der Waals surface area contributed by atoms with Gasteiger partial charge in [-0.05, 0) is 72.4 Å². The number of nitrogens with one attached hydrogen (secondary N) is 1. The zero-order chi connectivity index (χ0) is 16.8. The molecule has 0 atom stereocenters. The topological polar surface area (TPSA) is 41.6 Å². The Morgan fingerprint density at radius 2 is 2.09 bits per heavy atom. The Hall–Kier alpha value is -0.890. The van der Waals surface area contributed by atoms with E-state index in [-0.39, 0.29) is 18.3 Å². The lowest BCUT2D eigenvalue weighted by Gasteiger charge is -2.32. The van der Waals surface area contributed by atoms with Gasteiger partial charge in [0.1, 0.15) is 5.82 Å². The Labute approximate surface area is 150 Å². The third-order valence-electron chi connectivity index (χ3n) is 4.46. The number of rotatable bonds is 6. The van der Waals surface area contributed by atoms with E-state index >= 15 is 0 Å². The van der Waals surface area contributed by atoms with Crippen LogP contribution in [0.1, 0.15) is 25.7 Å². The summed E-state index contributed by atoms with van der Waals surface area (Å²) < 4.78 is 19.6. The summed E-state index contributed by atoms with van der Waals surface area (Å²) >= 11 is 2.12. The van der Waals surface area contributed by atoms with Gasteiger partial charge in [0.15, 0.2) is 0 Å². The molecule has 0 unspecified atom stereocenters. The second-order valence-electron chi connectivity index (χ2n) is 6.15. The first kappa shape index (κ1) is 18.4. The van der Waals surface area contributed by atoms with Gasteiger partial charge < -0.3 is 15.0 Å². The highest BCUT2D eigenvalue weighted by Gasteiger charge is 2.23. The molecule has 0 amide bonds. The molecule has 1 saturated carbocycles. The largest absolute Gasteiger partial charge is 0.468 e. The molecular weight excluding hydrogens is 410 g/mol. The summed E-state index contributed by atoms with van der Waals surface area (Å²) in [5.41, 5.74) is 0.663. The van der Waals surface area contributed by atoms with E-state index in [4.69, 9.17) is 0 Å². The second-order valence-corrected chi connectivity index (χ2v) is 7.40. The molecule has 0 aliphatic heterocycles. The fourth-order valence-electron chi connectivity index (χ4n) is 3.13. The average molecular weight is 434 g/mol. The average Bonchev–Trinajstić information content (AvgIpc) is 2.53. The van der Waals surface area contributed by atoms with E-state index in [2.05, 4.69) is 32.6 Å². The summed E-state index contributed by atoms with van der Waals surface area (Å²) in [7, 11) is 3.35. The second kappa shape index (κ2) is 8.82. The van der Waals surface area contributed by atoms with Crippen molar-refractivity contribution >= 4 is 34.2 Å². The zero-order valence-corrected chi connectivity index (χ0v) is 15.8. The minimum Gasteiger partial charge on any atom is -0.468 e. The summed E-state index contributed by atoms with van der Waals surface area (Å²) in [5, 5.41) is 3.24. The van der Waals surface area contributed by atoms with Gasteiger partial charge in [0.25, 0.3) is 0 Å². The number of halogens is 2. The maximum atomic E-state index is 14.0. The number of carbonyl (C=O) groups is 1. The Morgan fingerprint density at radius 3 is 2.70 bits per heavy atom. The molecule has 0 radical (unpaired) electrons. The maximum Gasteiger partial charge on any atom is 0.319 e. The van der Waals surface area contributed by atoms with E-state index in [1.54, 1.807) is 6.07 Å². The Balaban J connectivity index is 1.78. The van der Waals surface area contributed by atoms with Gasteiger partial charge in [-0.15, -0.1) is 0 Å². The number of ether oxygens (including phenoxy) is 1. The van der Waals surface area contributed by atoms with Crippen molar-refractivity contribution in [1.82, 2.24) is 5.32 Å². The molecule has 1 aliphatic carbocycles. The molecular formula is C17H24FIN2O2. The molecule has 0 spiro atoms. The number of hydrogen-bond donors (Lipinski definition) is 1. The molecule has 0 heterocycles. The van der Waals surface area contributed by atoms with Crippen LogP contribution in [0.4, 0.5) is 10.1 Å². The number of anilines is 1. The van der Waals surface area contributed by atoms with Crippen molar-refractivity contribution in [3.05, 3.63) is 27.6 Å². The maximum absolute atomic E-state index is 14.0. The van der Waals surface area contributed by atoms with Crippen LogP contribution in [0.5, 0.6) is 0 Å². The fourth-order valence-corrected chi connectivity index (χ4v) is 3.58. The smallest absolute Gasteiger partial charge is 0.319 e. The third kappa shape index (κ3) is 5.60. The van der Waals surface area contributed by atoms with E-state index in [0.717, 1.165) is 35.8 Å². The van der Waals surface area contributed by atoms with Crippen LogP contribution in [0, 0.1) is 15.3 Å². The van der Waals surface area contributed by atoms with Crippen LogP contribution in [-0.2, 0) is 9.53 Å². The number of esters is 1. The zero-order valence-electron chi connectivity index (χ0n) is 13.6. The third-order valence-corrected chi connectivity index (χ3v) is 5.13. The number of hydrogen-bond acceptors (Lipinski definition) is 4. The first-order valence-electron chi connectivity index (χ1n) is 7.96. The number of benzene rings is 1. The highest BCUT2D eigenvalue weighted by molar-refractivity contribution is 14.1. The molecule has 128 valence electrons. The molecule has 1 fully saturated rings. The van der Waals surface area contributed by atoms with E-state index in [1.165, 1.54) is 7.11 Å². The minimum atomic E-state index is -0.221. The van der Waals surface area contributed by atoms with Gasteiger partial charge in [-0.25, -0.2) is 4.39 Å². The molecule has 6 heteroatoms. The Kier molecular flexibility index (Phi) is 7.08. The van der Waals surface area contributed by atoms with Crippen LogP contribution < -0.4 is 10.2 Å².